The van der Waals surface area contributed by atoms with E-state index in [0.717, 1.165) is 54.9 Å². The maximum Gasteiger partial charge on any atom is 0.291 e. The first-order valence-electron chi connectivity index (χ1n) is 13.9. The number of amides is 2. The number of carbonyl (C=O) groups excluding carboxylic acids is 2. The van der Waals surface area contributed by atoms with Gasteiger partial charge < -0.3 is 24.8 Å². The standard InChI is InChI=1S/C33H32N4O4/c1-23-9-11-24(12-10-23)22-34-31(38)26-13-14-29(27(20-26)35-32(39)30-8-5-19-40-30)37-17-15-33(16-18-37)21-28(36-41-33)25-6-3-2-4-7-25/h2-14,19-20H,15-18,21-22H2,1H3,(H,34,38)(H,35,39). The minimum Gasteiger partial charge on any atom is -0.459 e. The number of oxime groups is 1. The molecule has 0 bridgehead atoms. The van der Waals surface area contributed by atoms with Crippen LogP contribution in [0.2, 0.25) is 0 Å². The van der Waals surface area contributed by atoms with E-state index in [2.05, 4.69) is 32.8 Å². The number of nitrogens with zero attached hydrogens (tertiary/aromatic N) is 2. The Morgan fingerprint density at radius 3 is 2.44 bits per heavy atom. The summed E-state index contributed by atoms with van der Waals surface area (Å²) in [6.45, 7) is 3.89. The highest BCUT2D eigenvalue weighted by Gasteiger charge is 2.42. The van der Waals surface area contributed by atoms with E-state index in [4.69, 9.17) is 9.25 Å². The lowest BCUT2D eigenvalue weighted by Crippen LogP contribution is -2.45. The Hall–Kier alpha value is -4.85. The molecule has 0 aliphatic carbocycles. The molecule has 6 rings (SSSR count). The molecule has 1 spiro atoms. The molecule has 3 heterocycles. The highest BCUT2D eigenvalue weighted by molar-refractivity contribution is 6.06. The number of furan rings is 1. The second kappa shape index (κ2) is 11.3. The highest BCUT2D eigenvalue weighted by atomic mass is 16.7. The molecular formula is C33H32N4O4. The summed E-state index contributed by atoms with van der Waals surface area (Å²) in [6, 6.07) is 26.9. The van der Waals surface area contributed by atoms with Crippen LogP contribution in [-0.2, 0) is 11.4 Å². The Kier molecular flexibility index (Phi) is 7.29. The first kappa shape index (κ1) is 26.4. The van der Waals surface area contributed by atoms with E-state index in [0.29, 0.717) is 17.8 Å². The van der Waals surface area contributed by atoms with Gasteiger partial charge in [-0.05, 0) is 48.4 Å². The summed E-state index contributed by atoms with van der Waals surface area (Å²) in [6.07, 6.45) is 3.81. The van der Waals surface area contributed by atoms with Gasteiger partial charge in [0.15, 0.2) is 5.76 Å². The predicted octanol–water partition coefficient (Wildman–Crippen LogP) is 5.93. The lowest BCUT2D eigenvalue weighted by atomic mass is 9.85. The summed E-state index contributed by atoms with van der Waals surface area (Å²) in [5.74, 6) is -0.386. The molecule has 2 aliphatic heterocycles. The zero-order valence-corrected chi connectivity index (χ0v) is 22.9. The molecule has 1 aromatic heterocycles. The van der Waals surface area contributed by atoms with Crippen molar-refractivity contribution in [1.82, 2.24) is 5.32 Å². The van der Waals surface area contributed by atoms with Crippen LogP contribution in [0.5, 0.6) is 0 Å². The summed E-state index contributed by atoms with van der Waals surface area (Å²) in [5.41, 5.74) is 5.79. The number of anilines is 2. The molecule has 2 N–H and O–H groups in total. The zero-order chi connectivity index (χ0) is 28.2. The van der Waals surface area contributed by atoms with Gasteiger partial charge in [0.05, 0.1) is 23.3 Å². The van der Waals surface area contributed by atoms with Crippen LogP contribution in [0.3, 0.4) is 0 Å². The number of rotatable bonds is 7. The summed E-state index contributed by atoms with van der Waals surface area (Å²) >= 11 is 0. The van der Waals surface area contributed by atoms with Crippen molar-refractivity contribution in [1.29, 1.82) is 0 Å². The van der Waals surface area contributed by atoms with Gasteiger partial charge in [0.25, 0.3) is 11.8 Å². The van der Waals surface area contributed by atoms with Gasteiger partial charge in [0, 0.05) is 44.5 Å². The van der Waals surface area contributed by atoms with Gasteiger partial charge in [-0.25, -0.2) is 0 Å². The molecule has 2 amide bonds. The van der Waals surface area contributed by atoms with E-state index in [-0.39, 0.29) is 23.2 Å². The average Bonchev–Trinajstić information content (AvgIpc) is 3.69. The summed E-state index contributed by atoms with van der Waals surface area (Å²) < 4.78 is 5.30. The molecule has 0 saturated carbocycles. The number of benzene rings is 3. The number of piperidine rings is 1. The fourth-order valence-electron chi connectivity index (χ4n) is 5.37. The Balaban J connectivity index is 1.17. The minimum absolute atomic E-state index is 0.202. The molecule has 4 aromatic rings. The quantitative estimate of drug-likeness (QED) is 0.298. The van der Waals surface area contributed by atoms with Crippen molar-refractivity contribution in [3.05, 3.63) is 119 Å². The average molecular weight is 549 g/mol. The Bertz CT molecular complexity index is 1550. The van der Waals surface area contributed by atoms with Crippen molar-refractivity contribution < 1.29 is 18.8 Å². The Labute approximate surface area is 239 Å². The van der Waals surface area contributed by atoms with Crippen molar-refractivity contribution >= 4 is 28.9 Å². The first-order chi connectivity index (χ1) is 20.0. The Morgan fingerprint density at radius 1 is 0.927 bits per heavy atom. The van der Waals surface area contributed by atoms with Crippen LogP contribution in [0, 0.1) is 6.92 Å². The van der Waals surface area contributed by atoms with Crippen molar-refractivity contribution in [2.75, 3.05) is 23.3 Å². The van der Waals surface area contributed by atoms with Gasteiger partial charge in [0.2, 0.25) is 0 Å². The lowest BCUT2D eigenvalue weighted by molar-refractivity contribution is -0.0359. The Morgan fingerprint density at radius 2 is 1.71 bits per heavy atom. The van der Waals surface area contributed by atoms with Gasteiger partial charge >= 0.3 is 0 Å². The summed E-state index contributed by atoms with van der Waals surface area (Å²) in [7, 11) is 0. The third-order valence-corrected chi connectivity index (χ3v) is 7.79. The van der Waals surface area contributed by atoms with Crippen LogP contribution in [0.1, 0.15) is 56.9 Å². The second-order valence-electron chi connectivity index (χ2n) is 10.7. The predicted molar refractivity (Wildman–Crippen MR) is 158 cm³/mol. The van der Waals surface area contributed by atoms with E-state index < -0.39 is 0 Å². The topological polar surface area (TPSA) is 96.2 Å². The maximum absolute atomic E-state index is 13.1. The molecule has 0 radical (unpaired) electrons. The molecular weight excluding hydrogens is 516 g/mol. The summed E-state index contributed by atoms with van der Waals surface area (Å²) in [4.78, 5) is 34.3. The van der Waals surface area contributed by atoms with Crippen molar-refractivity contribution in [3.8, 4) is 0 Å². The first-order valence-corrected chi connectivity index (χ1v) is 13.9. The van der Waals surface area contributed by atoms with Gasteiger partial charge in [-0.1, -0.05) is 65.3 Å². The van der Waals surface area contributed by atoms with Gasteiger partial charge in [0.1, 0.15) is 5.60 Å². The lowest BCUT2D eigenvalue weighted by Gasteiger charge is -2.39. The third-order valence-electron chi connectivity index (χ3n) is 7.79. The van der Waals surface area contributed by atoms with Gasteiger partial charge in [-0.2, -0.15) is 0 Å². The molecule has 1 fully saturated rings. The molecule has 208 valence electrons. The van der Waals surface area contributed by atoms with Crippen LogP contribution in [0.4, 0.5) is 11.4 Å². The van der Waals surface area contributed by atoms with Crippen LogP contribution < -0.4 is 15.5 Å². The largest absolute Gasteiger partial charge is 0.459 e. The van der Waals surface area contributed by atoms with Crippen LogP contribution >= 0.6 is 0 Å². The number of nitrogens with one attached hydrogen (secondary N) is 2. The van der Waals surface area contributed by atoms with E-state index >= 15 is 0 Å². The number of carbonyl (C=O) groups is 2. The van der Waals surface area contributed by atoms with E-state index in [1.165, 1.54) is 11.8 Å². The summed E-state index contributed by atoms with van der Waals surface area (Å²) in [5, 5.41) is 10.4. The molecule has 0 unspecified atom stereocenters. The highest BCUT2D eigenvalue weighted by Crippen LogP contribution is 2.39. The number of hydrogen-bond donors (Lipinski definition) is 2. The van der Waals surface area contributed by atoms with Crippen molar-refractivity contribution in [3.63, 3.8) is 0 Å². The molecule has 41 heavy (non-hydrogen) atoms. The molecule has 8 nitrogen and oxygen atoms in total. The van der Waals surface area contributed by atoms with Crippen molar-refractivity contribution in [2.45, 2.75) is 38.3 Å². The molecule has 8 heteroatoms. The zero-order valence-electron chi connectivity index (χ0n) is 22.9. The molecule has 3 aromatic carbocycles. The third kappa shape index (κ3) is 5.87. The number of hydrogen-bond acceptors (Lipinski definition) is 6. The normalized spacial score (nSPS) is 15.7. The van der Waals surface area contributed by atoms with Crippen LogP contribution in [-0.4, -0.2) is 36.2 Å². The van der Waals surface area contributed by atoms with Gasteiger partial charge in [-0.15, -0.1) is 0 Å². The molecule has 2 aliphatic rings. The maximum atomic E-state index is 13.1. The monoisotopic (exact) mass is 548 g/mol. The second-order valence-corrected chi connectivity index (χ2v) is 10.7. The molecule has 1 saturated heterocycles. The molecule has 0 atom stereocenters. The smallest absolute Gasteiger partial charge is 0.291 e. The van der Waals surface area contributed by atoms with E-state index in [1.54, 1.807) is 24.3 Å². The van der Waals surface area contributed by atoms with Crippen LogP contribution in [0.25, 0.3) is 0 Å². The number of aryl methyl sites for hydroxylation is 1. The van der Waals surface area contributed by atoms with E-state index in [1.807, 2.05) is 55.5 Å². The fraction of sp³-hybridized carbons (Fsp3) is 0.242. The fourth-order valence-corrected chi connectivity index (χ4v) is 5.37. The minimum atomic E-state index is -0.373. The van der Waals surface area contributed by atoms with E-state index in [9.17, 15) is 9.59 Å². The van der Waals surface area contributed by atoms with Gasteiger partial charge in [-0.3, -0.25) is 9.59 Å². The van der Waals surface area contributed by atoms with Crippen molar-refractivity contribution in [2.24, 2.45) is 5.16 Å². The van der Waals surface area contributed by atoms with Crippen LogP contribution in [0.15, 0.2) is 101 Å². The SMILES string of the molecule is Cc1ccc(CNC(=O)c2ccc(N3CCC4(CC3)CC(c3ccccc3)=NO4)c(NC(=O)c3ccco3)c2)cc1.